The molecule has 0 aliphatic heterocycles. The Morgan fingerprint density at radius 2 is 1.76 bits per heavy atom. The van der Waals surface area contributed by atoms with Gasteiger partial charge in [0.25, 0.3) is 5.91 Å². The molecule has 0 unspecified atom stereocenters. The van der Waals surface area contributed by atoms with Gasteiger partial charge < -0.3 is 25.4 Å². The first-order valence-electron chi connectivity index (χ1n) is 10.2. The van der Waals surface area contributed by atoms with Crippen LogP contribution in [0.15, 0.2) is 24.3 Å². The van der Waals surface area contributed by atoms with E-state index in [1.54, 1.807) is 19.2 Å². The summed E-state index contributed by atoms with van der Waals surface area (Å²) in [7, 11) is 0. The highest BCUT2D eigenvalue weighted by molar-refractivity contribution is 5.94. The molecule has 2 aromatic rings. The van der Waals surface area contributed by atoms with Crippen LogP contribution in [0.5, 0.6) is 5.88 Å². The van der Waals surface area contributed by atoms with Crippen molar-refractivity contribution < 1.29 is 47.2 Å². The molecule has 0 aliphatic carbocycles. The van der Waals surface area contributed by atoms with Gasteiger partial charge in [0.1, 0.15) is 19.0 Å². The second-order valence-corrected chi connectivity index (χ2v) is 7.86. The number of ether oxygens (including phenoxy) is 1. The van der Waals surface area contributed by atoms with Crippen molar-refractivity contribution in [2.24, 2.45) is 0 Å². The third-order valence-corrected chi connectivity index (χ3v) is 4.56. The van der Waals surface area contributed by atoms with Gasteiger partial charge in [0, 0.05) is 12.0 Å². The Bertz CT molecular complexity index is 992. The average molecular weight is 491 g/mol. The van der Waals surface area contributed by atoms with Crippen molar-refractivity contribution >= 4 is 11.9 Å². The number of rotatable bonds is 11. The van der Waals surface area contributed by atoms with E-state index in [2.05, 4.69) is 5.10 Å². The number of carboxylic acid groups (broad SMARTS) is 1. The lowest BCUT2D eigenvalue weighted by atomic mass is 10.0. The number of benzene rings is 1. The van der Waals surface area contributed by atoms with Crippen LogP contribution in [0.2, 0.25) is 0 Å². The first-order chi connectivity index (χ1) is 15.8. The molecule has 2 atom stereocenters. The molecule has 4 N–H and O–H groups in total. The summed E-state index contributed by atoms with van der Waals surface area (Å²) in [4.78, 5) is 23.2. The number of nitrogens with one attached hydrogen (secondary N) is 1. The lowest BCUT2D eigenvalue weighted by Gasteiger charge is -2.17. The third-order valence-electron chi connectivity index (χ3n) is 4.56. The number of amides is 1. The molecular formula is C21H25F4N3O6. The third kappa shape index (κ3) is 7.70. The van der Waals surface area contributed by atoms with Crippen LogP contribution in [-0.4, -0.2) is 68.5 Å². The quantitative estimate of drug-likeness (QED) is 0.355. The number of hydrogen-bond acceptors (Lipinski definition) is 6. The molecule has 0 radical (unpaired) electrons. The predicted octanol–water partition coefficient (Wildman–Crippen LogP) is 2.39. The Morgan fingerprint density at radius 1 is 1.15 bits per heavy atom. The summed E-state index contributed by atoms with van der Waals surface area (Å²) in [5, 5.41) is 34.4. The van der Waals surface area contributed by atoms with E-state index >= 15 is 0 Å². The Balaban J connectivity index is 2.40. The van der Waals surface area contributed by atoms with Crippen molar-refractivity contribution in [3.63, 3.8) is 0 Å². The number of halogens is 4. The summed E-state index contributed by atoms with van der Waals surface area (Å²) in [6.07, 6.45) is -8.22. The van der Waals surface area contributed by atoms with E-state index in [9.17, 15) is 37.4 Å². The molecular weight excluding hydrogens is 466 g/mol. The lowest BCUT2D eigenvalue weighted by Crippen LogP contribution is -2.34. The summed E-state index contributed by atoms with van der Waals surface area (Å²) in [5.41, 5.74) is 0.0230. The van der Waals surface area contributed by atoms with Gasteiger partial charge in [-0.1, -0.05) is 13.8 Å². The minimum atomic E-state index is -4.65. The normalized spacial score (nSPS) is 13.6. The number of carboxylic acids is 1. The van der Waals surface area contributed by atoms with Crippen LogP contribution in [0.1, 0.15) is 48.7 Å². The lowest BCUT2D eigenvalue weighted by molar-refractivity contribution is -0.139. The maximum atomic E-state index is 13.4. The Morgan fingerprint density at radius 3 is 2.29 bits per heavy atom. The van der Waals surface area contributed by atoms with Crippen molar-refractivity contribution in [1.29, 1.82) is 0 Å². The molecule has 0 bridgehead atoms. The number of aliphatic carboxylic acids is 1. The number of alkyl halides is 3. The van der Waals surface area contributed by atoms with Crippen molar-refractivity contribution in [3.05, 3.63) is 41.3 Å². The summed E-state index contributed by atoms with van der Waals surface area (Å²) < 4.78 is 57.9. The van der Waals surface area contributed by atoms with E-state index in [0.717, 1.165) is 16.8 Å². The summed E-state index contributed by atoms with van der Waals surface area (Å²) in [6, 6.07) is 4.83. The molecule has 13 heteroatoms. The van der Waals surface area contributed by atoms with Crippen molar-refractivity contribution in [3.8, 4) is 11.6 Å². The molecule has 0 spiro atoms. The van der Waals surface area contributed by atoms with E-state index in [4.69, 9.17) is 9.84 Å². The van der Waals surface area contributed by atoms with Gasteiger partial charge in [-0.25, -0.2) is 9.07 Å². The van der Waals surface area contributed by atoms with E-state index in [0.29, 0.717) is 0 Å². The van der Waals surface area contributed by atoms with Crippen molar-refractivity contribution in [2.45, 2.75) is 51.0 Å². The fourth-order valence-electron chi connectivity index (χ4n) is 3.11. The summed E-state index contributed by atoms with van der Waals surface area (Å²) >= 11 is 0. The van der Waals surface area contributed by atoms with Crippen LogP contribution in [0.4, 0.5) is 17.6 Å². The molecule has 188 valence electrons. The van der Waals surface area contributed by atoms with Gasteiger partial charge in [0.05, 0.1) is 24.3 Å². The van der Waals surface area contributed by atoms with Gasteiger partial charge in [0.15, 0.2) is 5.69 Å². The van der Waals surface area contributed by atoms with E-state index < -0.39 is 61.6 Å². The van der Waals surface area contributed by atoms with Crippen LogP contribution >= 0.6 is 0 Å². The molecule has 9 nitrogen and oxygen atoms in total. The molecule has 0 saturated carbocycles. The zero-order valence-electron chi connectivity index (χ0n) is 18.3. The zero-order valence-corrected chi connectivity index (χ0v) is 18.3. The molecule has 0 fully saturated rings. The summed E-state index contributed by atoms with van der Waals surface area (Å²) in [5.74, 6) is -3.47. The molecule has 0 saturated heterocycles. The number of aliphatic hydroxyl groups excluding tert-OH is 2. The molecule has 34 heavy (non-hydrogen) atoms. The Labute approximate surface area is 192 Å². The fourth-order valence-corrected chi connectivity index (χ4v) is 3.11. The maximum Gasteiger partial charge on any atom is 0.405 e. The second-order valence-electron chi connectivity index (χ2n) is 7.86. The first kappa shape index (κ1) is 27.1. The molecule has 0 aliphatic rings. The first-order valence-corrected chi connectivity index (χ1v) is 10.2. The number of aromatic nitrogens is 2. The number of carbonyl (C=O) groups excluding carboxylic acids is 1. The molecule has 1 aromatic heterocycles. The average Bonchev–Trinajstić information content (AvgIpc) is 3.09. The topological polar surface area (TPSA) is 134 Å². The smallest absolute Gasteiger partial charge is 0.405 e. The van der Waals surface area contributed by atoms with E-state index in [1.165, 1.54) is 12.1 Å². The van der Waals surface area contributed by atoms with E-state index in [-0.39, 0.29) is 29.2 Å². The Kier molecular flexibility index (Phi) is 8.99. The monoisotopic (exact) mass is 491 g/mol. The number of aliphatic hydroxyl groups is 2. The van der Waals surface area contributed by atoms with Crippen molar-refractivity contribution in [2.75, 3.05) is 13.2 Å². The standard InChI is InChI=1S/C21H25F4N3O6/c1-11(2)17-18(19(33)26-10-21(23,24)25)27-28(13-5-3-12(22)4-6-13)20(17)34-9-15(30)7-14(29)8-16(31)32/h3-6,11,14-15,29-30H,7-10H2,1-2H3,(H,26,33)(H,31,32)/t14-,15+/m1/s1. The van der Waals surface area contributed by atoms with Crippen LogP contribution < -0.4 is 10.1 Å². The zero-order chi connectivity index (χ0) is 25.6. The molecule has 2 rings (SSSR count). The van der Waals surface area contributed by atoms with E-state index in [1.807, 2.05) is 0 Å². The van der Waals surface area contributed by atoms with Crippen LogP contribution in [0.3, 0.4) is 0 Å². The van der Waals surface area contributed by atoms with Gasteiger partial charge in [-0.3, -0.25) is 9.59 Å². The highest BCUT2D eigenvalue weighted by Crippen LogP contribution is 2.33. The Hall–Kier alpha value is -3.19. The molecule has 1 amide bonds. The summed E-state index contributed by atoms with van der Waals surface area (Å²) in [6.45, 7) is 1.26. The molecule has 1 aromatic carbocycles. The number of nitrogens with zero attached hydrogens (tertiary/aromatic N) is 2. The highest BCUT2D eigenvalue weighted by Gasteiger charge is 2.32. The second kappa shape index (κ2) is 11.3. The van der Waals surface area contributed by atoms with Crippen molar-refractivity contribution in [1.82, 2.24) is 15.1 Å². The predicted molar refractivity (Wildman–Crippen MR) is 110 cm³/mol. The molecule has 1 heterocycles. The van der Waals surface area contributed by atoms with Gasteiger partial charge in [0.2, 0.25) is 5.88 Å². The van der Waals surface area contributed by atoms with Gasteiger partial charge in [-0.2, -0.15) is 18.3 Å². The SMILES string of the molecule is CC(C)c1c(C(=O)NCC(F)(F)F)nn(-c2ccc(F)cc2)c1OC[C@@H](O)C[C@@H](O)CC(=O)O. The number of hydrogen-bond donors (Lipinski definition) is 4. The minimum Gasteiger partial charge on any atom is -0.481 e. The van der Waals surface area contributed by atoms with Crippen LogP contribution in [-0.2, 0) is 4.79 Å². The fraction of sp³-hybridized carbons (Fsp3) is 0.476. The maximum absolute atomic E-state index is 13.4. The van der Waals surface area contributed by atoms with Crippen LogP contribution in [0, 0.1) is 5.82 Å². The highest BCUT2D eigenvalue weighted by atomic mass is 19.4. The van der Waals surface area contributed by atoms with Gasteiger partial charge in [-0.15, -0.1) is 0 Å². The van der Waals surface area contributed by atoms with Gasteiger partial charge in [-0.05, 0) is 30.2 Å². The largest absolute Gasteiger partial charge is 0.481 e. The number of carbonyl (C=O) groups is 2. The van der Waals surface area contributed by atoms with Gasteiger partial charge >= 0.3 is 12.1 Å². The minimum absolute atomic E-state index is 0.0782. The van der Waals surface area contributed by atoms with Crippen LogP contribution in [0.25, 0.3) is 5.69 Å².